The Hall–Kier alpha value is -4.66. The Bertz CT molecular complexity index is 1300. The molecule has 9 nitrogen and oxygen atoms in total. The normalized spacial score (nSPS) is 14.4. The van der Waals surface area contributed by atoms with Crippen LogP contribution in [0, 0.1) is 0 Å². The fraction of sp³-hybridized carbons (Fsp3) is 0.0833. The van der Waals surface area contributed by atoms with Crippen LogP contribution in [-0.4, -0.2) is 40.6 Å². The molecule has 3 aromatic rings. The smallest absolute Gasteiger partial charge is 0.339 e. The van der Waals surface area contributed by atoms with E-state index in [1.807, 2.05) is 0 Å². The molecule has 0 spiro atoms. The first-order valence-electron chi connectivity index (χ1n) is 9.92. The highest BCUT2D eigenvalue weighted by Gasteiger charge is 2.30. The third-order valence-electron chi connectivity index (χ3n) is 5.04. The standard InChI is InChI=1S/C24H20N4O5/c1-14-21(23(30)28(27-14)17-9-11-18(33-2)12-10-17)26-25-16-6-3-5-15(13-16)19-7-4-8-20(22(19)29)24(31)32/h3-13,25,29H,1-2H3,(H,31,32)/b26-21-. The van der Waals surface area contributed by atoms with Crippen LogP contribution in [0.1, 0.15) is 17.3 Å². The number of anilines is 2. The van der Waals surface area contributed by atoms with Crippen molar-refractivity contribution in [3.8, 4) is 22.6 Å². The lowest BCUT2D eigenvalue weighted by atomic mass is 10.0. The van der Waals surface area contributed by atoms with Gasteiger partial charge in [0.25, 0.3) is 0 Å². The van der Waals surface area contributed by atoms with E-state index < -0.39 is 5.97 Å². The van der Waals surface area contributed by atoms with Crippen molar-refractivity contribution in [2.45, 2.75) is 6.92 Å². The SMILES string of the molecule is COc1ccc(N2N=C(C)/C(=N/Nc3cccc(-c4cccc(C(=O)O)c4O)c3)C2=O)cc1. The molecule has 3 N–H and O–H groups in total. The minimum absolute atomic E-state index is 0.159. The van der Waals surface area contributed by atoms with Crippen molar-refractivity contribution >= 4 is 34.7 Å². The molecule has 1 heterocycles. The minimum Gasteiger partial charge on any atom is -0.506 e. The third kappa shape index (κ3) is 4.24. The highest BCUT2D eigenvalue weighted by molar-refractivity contribution is 6.71. The van der Waals surface area contributed by atoms with Gasteiger partial charge in [0, 0.05) is 5.56 Å². The number of benzene rings is 3. The summed E-state index contributed by atoms with van der Waals surface area (Å²) in [5.74, 6) is -1.25. The summed E-state index contributed by atoms with van der Waals surface area (Å²) in [4.78, 5) is 24.1. The number of nitrogens with zero attached hydrogens (tertiary/aromatic N) is 3. The number of carbonyl (C=O) groups is 2. The Kier molecular flexibility index (Phi) is 5.77. The average Bonchev–Trinajstić information content (AvgIpc) is 3.11. The summed E-state index contributed by atoms with van der Waals surface area (Å²) in [6.45, 7) is 1.69. The van der Waals surface area contributed by atoms with Crippen LogP contribution in [0.15, 0.2) is 76.9 Å². The molecule has 1 aliphatic rings. The fourth-order valence-corrected chi connectivity index (χ4v) is 3.35. The highest BCUT2D eigenvalue weighted by atomic mass is 16.5. The summed E-state index contributed by atoms with van der Waals surface area (Å²) < 4.78 is 5.14. The summed E-state index contributed by atoms with van der Waals surface area (Å²) in [5.41, 5.74) is 5.35. The number of rotatable bonds is 6. The number of para-hydroxylation sites is 1. The molecule has 166 valence electrons. The first-order chi connectivity index (χ1) is 15.9. The lowest BCUT2D eigenvalue weighted by molar-refractivity contribution is -0.112. The first-order valence-corrected chi connectivity index (χ1v) is 9.92. The Balaban J connectivity index is 1.56. The number of amides is 1. The van der Waals surface area contributed by atoms with E-state index >= 15 is 0 Å². The third-order valence-corrected chi connectivity index (χ3v) is 5.04. The number of methoxy groups -OCH3 is 1. The van der Waals surface area contributed by atoms with Gasteiger partial charge >= 0.3 is 11.9 Å². The molecular weight excluding hydrogens is 424 g/mol. The molecule has 0 aromatic heterocycles. The Morgan fingerprint density at radius 1 is 1.09 bits per heavy atom. The Morgan fingerprint density at radius 3 is 2.52 bits per heavy atom. The zero-order valence-corrected chi connectivity index (χ0v) is 17.8. The van der Waals surface area contributed by atoms with Crippen molar-refractivity contribution in [2.24, 2.45) is 10.2 Å². The summed E-state index contributed by atoms with van der Waals surface area (Å²) in [6, 6.07) is 18.3. The number of carbonyl (C=O) groups excluding carboxylic acids is 1. The number of hydrogen-bond acceptors (Lipinski definition) is 7. The van der Waals surface area contributed by atoms with Gasteiger partial charge in [0.05, 0.1) is 24.2 Å². The number of carboxylic acid groups (broad SMARTS) is 1. The zero-order valence-electron chi connectivity index (χ0n) is 17.8. The maximum Gasteiger partial charge on any atom is 0.339 e. The van der Waals surface area contributed by atoms with Crippen LogP contribution in [0.2, 0.25) is 0 Å². The first kappa shape index (κ1) is 21.6. The van der Waals surface area contributed by atoms with Gasteiger partial charge in [-0.05, 0) is 55.0 Å². The zero-order chi connectivity index (χ0) is 23.5. The molecule has 0 fully saturated rings. The predicted molar refractivity (Wildman–Crippen MR) is 125 cm³/mol. The second-order valence-corrected chi connectivity index (χ2v) is 7.16. The summed E-state index contributed by atoms with van der Waals surface area (Å²) in [7, 11) is 1.56. The number of aromatic carboxylic acids is 1. The maximum absolute atomic E-state index is 12.8. The summed E-state index contributed by atoms with van der Waals surface area (Å²) >= 11 is 0. The Morgan fingerprint density at radius 2 is 1.82 bits per heavy atom. The summed E-state index contributed by atoms with van der Waals surface area (Å²) in [6.07, 6.45) is 0. The van der Waals surface area contributed by atoms with E-state index in [2.05, 4.69) is 15.6 Å². The molecule has 0 saturated carbocycles. The van der Waals surface area contributed by atoms with Crippen LogP contribution in [0.5, 0.6) is 11.5 Å². The molecule has 4 rings (SSSR count). The average molecular weight is 444 g/mol. The fourth-order valence-electron chi connectivity index (χ4n) is 3.35. The molecule has 0 radical (unpaired) electrons. The molecule has 0 atom stereocenters. The molecule has 1 amide bonds. The molecule has 0 bridgehead atoms. The number of hydrazone groups is 2. The number of hydrogen-bond donors (Lipinski definition) is 3. The van der Waals surface area contributed by atoms with Gasteiger partial charge < -0.3 is 14.9 Å². The van der Waals surface area contributed by atoms with Crippen LogP contribution in [0.4, 0.5) is 11.4 Å². The van der Waals surface area contributed by atoms with E-state index in [1.165, 1.54) is 11.1 Å². The van der Waals surface area contributed by atoms with E-state index in [-0.39, 0.29) is 22.9 Å². The largest absolute Gasteiger partial charge is 0.506 e. The van der Waals surface area contributed by atoms with Gasteiger partial charge in [0.15, 0.2) is 5.71 Å². The van der Waals surface area contributed by atoms with Gasteiger partial charge in [-0.25, -0.2) is 4.79 Å². The minimum atomic E-state index is -1.22. The highest BCUT2D eigenvalue weighted by Crippen LogP contribution is 2.33. The van der Waals surface area contributed by atoms with Crippen molar-refractivity contribution in [3.63, 3.8) is 0 Å². The van der Waals surface area contributed by atoms with Crippen LogP contribution < -0.4 is 15.2 Å². The summed E-state index contributed by atoms with van der Waals surface area (Å²) in [5, 5.41) is 29.4. The van der Waals surface area contributed by atoms with Gasteiger partial charge in [-0.3, -0.25) is 10.2 Å². The van der Waals surface area contributed by atoms with E-state index in [9.17, 15) is 19.8 Å². The molecule has 1 aliphatic heterocycles. The molecule has 3 aromatic carbocycles. The number of carboxylic acids is 1. The number of nitrogens with one attached hydrogen (secondary N) is 1. The quantitative estimate of drug-likeness (QED) is 0.495. The maximum atomic E-state index is 12.8. The number of phenols is 1. The van der Waals surface area contributed by atoms with Crippen molar-refractivity contribution < 1.29 is 24.5 Å². The van der Waals surface area contributed by atoms with E-state index in [1.54, 1.807) is 74.7 Å². The van der Waals surface area contributed by atoms with E-state index in [0.717, 1.165) is 0 Å². The molecule has 0 unspecified atom stereocenters. The van der Waals surface area contributed by atoms with Crippen LogP contribution >= 0.6 is 0 Å². The van der Waals surface area contributed by atoms with Crippen LogP contribution in [0.25, 0.3) is 11.1 Å². The molecule has 0 aliphatic carbocycles. The van der Waals surface area contributed by atoms with E-state index in [4.69, 9.17) is 4.74 Å². The number of aromatic hydroxyl groups is 1. The van der Waals surface area contributed by atoms with Gasteiger partial charge in [-0.1, -0.05) is 24.3 Å². The van der Waals surface area contributed by atoms with Crippen molar-refractivity contribution in [3.05, 3.63) is 72.3 Å². The second kappa shape index (κ2) is 8.83. The molecule has 33 heavy (non-hydrogen) atoms. The molecule has 0 saturated heterocycles. The van der Waals surface area contributed by atoms with Gasteiger partial charge in [0.1, 0.15) is 17.1 Å². The van der Waals surface area contributed by atoms with Crippen LogP contribution in [0.3, 0.4) is 0 Å². The molecular formula is C24H20N4O5. The monoisotopic (exact) mass is 444 g/mol. The van der Waals surface area contributed by atoms with Crippen molar-refractivity contribution in [1.82, 2.24) is 0 Å². The van der Waals surface area contributed by atoms with Crippen molar-refractivity contribution in [2.75, 3.05) is 17.5 Å². The predicted octanol–water partition coefficient (Wildman–Crippen LogP) is 3.96. The number of ether oxygens (including phenoxy) is 1. The van der Waals surface area contributed by atoms with Crippen LogP contribution in [-0.2, 0) is 4.79 Å². The van der Waals surface area contributed by atoms with Gasteiger partial charge in [0.2, 0.25) is 0 Å². The topological polar surface area (TPSA) is 124 Å². The van der Waals surface area contributed by atoms with Gasteiger partial charge in [-0.2, -0.15) is 15.2 Å². The lowest BCUT2D eigenvalue weighted by Crippen LogP contribution is -2.27. The van der Waals surface area contributed by atoms with Crippen molar-refractivity contribution in [1.29, 1.82) is 0 Å². The van der Waals surface area contributed by atoms with E-state index in [0.29, 0.717) is 34.0 Å². The second-order valence-electron chi connectivity index (χ2n) is 7.16. The molecule has 9 heteroatoms. The Labute approximate surface area is 189 Å². The lowest BCUT2D eigenvalue weighted by Gasteiger charge is -2.12. The van der Waals surface area contributed by atoms with Gasteiger partial charge in [-0.15, -0.1) is 0 Å².